The summed E-state index contributed by atoms with van der Waals surface area (Å²) in [5.74, 6) is 0. The van der Waals surface area contributed by atoms with E-state index in [1.807, 2.05) is 24.3 Å². The van der Waals surface area contributed by atoms with Crippen molar-refractivity contribution in [3.8, 4) is 0 Å². The molecule has 2 aliphatic rings. The maximum atomic E-state index is 11.7. The van der Waals surface area contributed by atoms with Crippen LogP contribution in [-0.4, -0.2) is 73.7 Å². The zero-order valence-corrected chi connectivity index (χ0v) is 27.9. The predicted molar refractivity (Wildman–Crippen MR) is 165 cm³/mol. The number of nitrogens with one attached hydrogen (secondary N) is 4. The van der Waals surface area contributed by atoms with Gasteiger partial charge in [0.1, 0.15) is 20.2 Å². The van der Waals surface area contributed by atoms with Gasteiger partial charge in [0.25, 0.3) is 0 Å². The van der Waals surface area contributed by atoms with E-state index in [0.717, 1.165) is 51.4 Å². The second-order valence-corrected chi connectivity index (χ2v) is 13.7. The molecule has 41 heavy (non-hydrogen) atoms. The zero-order valence-electron chi connectivity index (χ0n) is 24.1. The van der Waals surface area contributed by atoms with Gasteiger partial charge < -0.3 is 30.4 Å². The first-order valence-electron chi connectivity index (χ1n) is 14.2. The first-order valence-corrected chi connectivity index (χ1v) is 17.0. The SMILES string of the molecule is CCCCCCCC1(S(=O)(=O)[O-])Nc2ccccc2N1.CCCCCCCC1(S(=O)(=O)[O-])Nc2ccccc2N1.[Ca+2]. The number of benzene rings is 2. The Kier molecular flexibility index (Phi) is 14.0. The number of fused-ring (bicyclic) bond motifs is 2. The van der Waals surface area contributed by atoms with E-state index >= 15 is 0 Å². The third kappa shape index (κ3) is 9.35. The van der Waals surface area contributed by atoms with Crippen LogP contribution in [0.5, 0.6) is 0 Å². The van der Waals surface area contributed by atoms with Gasteiger partial charge in [-0.2, -0.15) is 0 Å². The molecule has 10 nitrogen and oxygen atoms in total. The molecule has 2 aromatic carbocycles. The molecule has 2 heterocycles. The van der Waals surface area contributed by atoms with Gasteiger partial charge in [0.05, 0.1) is 22.7 Å². The molecule has 4 N–H and O–H groups in total. The van der Waals surface area contributed by atoms with E-state index in [4.69, 9.17) is 0 Å². The molecule has 0 aliphatic carbocycles. The largest absolute Gasteiger partial charge is 2.00 e. The van der Waals surface area contributed by atoms with E-state index in [2.05, 4.69) is 35.1 Å². The van der Waals surface area contributed by atoms with Crippen LogP contribution in [0.4, 0.5) is 22.7 Å². The molecule has 0 atom stereocenters. The maximum Gasteiger partial charge on any atom is 2.00 e. The van der Waals surface area contributed by atoms with E-state index in [0.29, 0.717) is 35.6 Å². The Balaban J connectivity index is 0.000000280. The first-order chi connectivity index (χ1) is 19.0. The van der Waals surface area contributed by atoms with Crippen molar-refractivity contribution < 1.29 is 25.9 Å². The quantitative estimate of drug-likeness (QED) is 0.114. The monoisotopic (exact) mass is 634 g/mol. The molecule has 0 unspecified atom stereocenters. The molecule has 0 bridgehead atoms. The van der Waals surface area contributed by atoms with Crippen LogP contribution in [0.2, 0.25) is 0 Å². The van der Waals surface area contributed by atoms with Gasteiger partial charge in [-0.3, -0.25) is 0 Å². The Morgan fingerprint density at radius 3 is 1.05 bits per heavy atom. The van der Waals surface area contributed by atoms with E-state index in [9.17, 15) is 25.9 Å². The fraction of sp³-hybridized carbons (Fsp3) is 0.571. The molecule has 0 fully saturated rings. The number of hydrogen-bond donors (Lipinski definition) is 4. The van der Waals surface area contributed by atoms with Gasteiger partial charge in [-0.1, -0.05) is 89.5 Å². The summed E-state index contributed by atoms with van der Waals surface area (Å²) in [5.41, 5.74) is 2.67. The van der Waals surface area contributed by atoms with Gasteiger partial charge in [0.2, 0.25) is 9.99 Å². The Hall–Kier alpha value is -1.28. The summed E-state index contributed by atoms with van der Waals surface area (Å²) < 4.78 is 70.0. The number of unbranched alkanes of at least 4 members (excludes halogenated alkanes) is 8. The summed E-state index contributed by atoms with van der Waals surface area (Å²) >= 11 is 0. The maximum absolute atomic E-state index is 11.7. The van der Waals surface area contributed by atoms with Gasteiger partial charge >= 0.3 is 37.7 Å². The molecular weight excluding hydrogens is 593 g/mol. The van der Waals surface area contributed by atoms with Crippen molar-refractivity contribution in [1.29, 1.82) is 0 Å². The number of rotatable bonds is 14. The average molecular weight is 635 g/mol. The van der Waals surface area contributed by atoms with Crippen LogP contribution in [0.15, 0.2) is 48.5 Å². The van der Waals surface area contributed by atoms with E-state index < -0.39 is 30.2 Å². The van der Waals surface area contributed by atoms with Crippen LogP contribution in [0, 0.1) is 0 Å². The smallest absolute Gasteiger partial charge is 0.745 e. The molecule has 0 amide bonds. The standard InChI is InChI=1S/2C14H22N2O3S.Ca/c2*1-2-3-4-5-8-11-14(20(17,18)19)15-12-9-6-7-10-13(12)16-14;/h2*6-7,9-10,15-16H,2-5,8,11H2,1H3,(H,17,18,19);/q;;+2/p-2. The Morgan fingerprint density at radius 1 is 0.537 bits per heavy atom. The van der Waals surface area contributed by atoms with Gasteiger partial charge in [-0.15, -0.1) is 0 Å². The van der Waals surface area contributed by atoms with Crippen molar-refractivity contribution in [2.24, 2.45) is 0 Å². The third-order valence-corrected chi connectivity index (χ3v) is 9.84. The minimum Gasteiger partial charge on any atom is -0.745 e. The molecule has 0 saturated carbocycles. The fourth-order valence-corrected chi connectivity index (χ4v) is 6.77. The van der Waals surface area contributed by atoms with Crippen molar-refractivity contribution in [3.63, 3.8) is 0 Å². The molecule has 0 saturated heterocycles. The van der Waals surface area contributed by atoms with Crippen LogP contribution in [0.25, 0.3) is 0 Å². The van der Waals surface area contributed by atoms with Crippen LogP contribution in [0.1, 0.15) is 90.9 Å². The molecule has 0 spiro atoms. The zero-order chi connectivity index (χ0) is 29.3. The van der Waals surface area contributed by atoms with Crippen molar-refractivity contribution in [1.82, 2.24) is 0 Å². The fourth-order valence-electron chi connectivity index (χ4n) is 5.04. The van der Waals surface area contributed by atoms with Gasteiger partial charge in [-0.25, -0.2) is 16.8 Å². The average Bonchev–Trinajstić information content (AvgIpc) is 3.48. The topological polar surface area (TPSA) is 163 Å². The molecule has 224 valence electrons. The van der Waals surface area contributed by atoms with Crippen LogP contribution in [0.3, 0.4) is 0 Å². The molecule has 0 radical (unpaired) electrons. The summed E-state index contributed by atoms with van der Waals surface area (Å²) in [6.45, 7) is 4.25. The van der Waals surface area contributed by atoms with Crippen molar-refractivity contribution >= 4 is 80.7 Å². The third-order valence-electron chi connectivity index (χ3n) is 7.32. The predicted octanol–water partition coefficient (Wildman–Crippen LogP) is 5.79. The van der Waals surface area contributed by atoms with Crippen LogP contribution >= 0.6 is 0 Å². The van der Waals surface area contributed by atoms with Crippen molar-refractivity contribution in [2.45, 2.75) is 101 Å². The van der Waals surface area contributed by atoms with Crippen LogP contribution in [-0.2, 0) is 20.2 Å². The van der Waals surface area contributed by atoms with Gasteiger partial charge in [-0.05, 0) is 37.1 Å². The summed E-state index contributed by atoms with van der Waals surface area (Å²) in [6.07, 6.45) is 10.5. The minimum absolute atomic E-state index is 0. The Bertz CT molecular complexity index is 1170. The molecule has 2 aliphatic heterocycles. The van der Waals surface area contributed by atoms with Gasteiger partial charge in [0, 0.05) is 12.8 Å². The summed E-state index contributed by atoms with van der Waals surface area (Å²) in [4.78, 5) is -3.19. The molecule has 13 heteroatoms. The molecule has 0 aromatic heterocycles. The van der Waals surface area contributed by atoms with E-state index in [1.54, 1.807) is 24.3 Å². The number of anilines is 4. The number of para-hydroxylation sites is 4. The van der Waals surface area contributed by atoms with Crippen molar-refractivity contribution in [3.05, 3.63) is 48.5 Å². The second-order valence-electron chi connectivity index (χ2n) is 10.5. The van der Waals surface area contributed by atoms with E-state index in [1.165, 1.54) is 0 Å². The first kappa shape index (κ1) is 35.9. The van der Waals surface area contributed by atoms with Gasteiger partial charge in [0.15, 0.2) is 0 Å². The van der Waals surface area contributed by atoms with Crippen LogP contribution < -0.4 is 21.3 Å². The second kappa shape index (κ2) is 16.0. The summed E-state index contributed by atoms with van der Waals surface area (Å²) in [6, 6.07) is 14.3. The van der Waals surface area contributed by atoms with Crippen molar-refractivity contribution in [2.75, 3.05) is 21.3 Å². The summed E-state index contributed by atoms with van der Waals surface area (Å²) in [7, 11) is -8.99. The van der Waals surface area contributed by atoms with E-state index in [-0.39, 0.29) is 50.6 Å². The molecular formula is C28H42CaN4O6S2. The number of hydrogen-bond acceptors (Lipinski definition) is 10. The normalized spacial score (nSPS) is 15.9. The Morgan fingerprint density at radius 2 is 0.805 bits per heavy atom. The molecule has 4 rings (SSSR count). The minimum atomic E-state index is -4.50. The summed E-state index contributed by atoms with van der Waals surface area (Å²) in [5, 5.41) is 11.5. The Labute approximate surface area is 275 Å². The molecule has 2 aromatic rings.